The number of hydrogen-bond donors (Lipinski definition) is 2. The molecule has 134 valence electrons. The molecule has 26 heavy (non-hydrogen) atoms. The molecular formula is C21H24N4O. The molecule has 0 bridgehead atoms. The van der Waals surface area contributed by atoms with E-state index < -0.39 is 0 Å². The van der Waals surface area contributed by atoms with Crippen molar-refractivity contribution in [2.45, 2.75) is 12.5 Å². The van der Waals surface area contributed by atoms with E-state index in [0.29, 0.717) is 5.56 Å². The number of benzene rings is 2. The van der Waals surface area contributed by atoms with Crippen LogP contribution >= 0.6 is 0 Å². The third-order valence-corrected chi connectivity index (χ3v) is 4.33. The van der Waals surface area contributed by atoms with E-state index in [1.165, 1.54) is 0 Å². The topological polar surface area (TPSA) is 61.0 Å². The van der Waals surface area contributed by atoms with Gasteiger partial charge in [-0.3, -0.25) is 9.89 Å². The second-order valence-corrected chi connectivity index (χ2v) is 6.58. The molecule has 0 spiro atoms. The van der Waals surface area contributed by atoms with E-state index in [4.69, 9.17) is 0 Å². The minimum atomic E-state index is -0.0613. The molecule has 0 fully saturated rings. The van der Waals surface area contributed by atoms with Gasteiger partial charge < -0.3 is 10.2 Å². The van der Waals surface area contributed by atoms with Gasteiger partial charge >= 0.3 is 0 Å². The summed E-state index contributed by atoms with van der Waals surface area (Å²) in [7, 11) is 4.08. The van der Waals surface area contributed by atoms with E-state index >= 15 is 0 Å². The van der Waals surface area contributed by atoms with Crippen molar-refractivity contribution < 1.29 is 4.79 Å². The molecule has 0 radical (unpaired) electrons. The molecule has 3 aromatic rings. The van der Waals surface area contributed by atoms with Gasteiger partial charge in [0, 0.05) is 11.8 Å². The highest BCUT2D eigenvalue weighted by Gasteiger charge is 2.16. The van der Waals surface area contributed by atoms with Crippen LogP contribution in [0.1, 0.15) is 28.4 Å². The summed E-state index contributed by atoms with van der Waals surface area (Å²) in [5, 5.41) is 10.1. The number of aromatic amines is 1. The quantitative estimate of drug-likeness (QED) is 0.687. The van der Waals surface area contributed by atoms with E-state index in [2.05, 4.69) is 32.5 Å². The molecule has 1 heterocycles. The van der Waals surface area contributed by atoms with Crippen molar-refractivity contribution in [1.82, 2.24) is 20.4 Å². The summed E-state index contributed by atoms with van der Waals surface area (Å²) in [5.41, 5.74) is 3.71. The van der Waals surface area contributed by atoms with Crippen molar-refractivity contribution in [3.8, 4) is 11.3 Å². The third-order valence-electron chi connectivity index (χ3n) is 4.33. The Kier molecular flexibility index (Phi) is 5.81. The Morgan fingerprint density at radius 2 is 1.81 bits per heavy atom. The molecule has 0 saturated carbocycles. The monoisotopic (exact) mass is 348 g/mol. The van der Waals surface area contributed by atoms with Gasteiger partial charge in [0.1, 0.15) is 0 Å². The predicted octanol–water partition coefficient (Wildman–Crippen LogP) is 3.50. The maximum atomic E-state index is 12.7. The lowest BCUT2D eigenvalue weighted by atomic mass is 10.0. The van der Waals surface area contributed by atoms with Gasteiger partial charge in [-0.1, -0.05) is 42.5 Å². The summed E-state index contributed by atoms with van der Waals surface area (Å²) >= 11 is 0. The zero-order valence-corrected chi connectivity index (χ0v) is 15.1. The highest BCUT2D eigenvalue weighted by molar-refractivity contribution is 5.94. The van der Waals surface area contributed by atoms with Crippen LogP contribution in [-0.4, -0.2) is 41.6 Å². The Balaban J connectivity index is 1.72. The van der Waals surface area contributed by atoms with Crippen molar-refractivity contribution >= 4 is 5.91 Å². The lowest BCUT2D eigenvalue weighted by Crippen LogP contribution is -2.31. The Morgan fingerprint density at radius 3 is 2.42 bits per heavy atom. The second-order valence-electron chi connectivity index (χ2n) is 6.58. The molecule has 2 N–H and O–H groups in total. The normalized spacial score (nSPS) is 12.1. The number of nitrogens with one attached hydrogen (secondary N) is 2. The minimum Gasteiger partial charge on any atom is -0.345 e. The lowest BCUT2D eigenvalue weighted by molar-refractivity contribution is 0.0932. The van der Waals surface area contributed by atoms with Crippen molar-refractivity contribution in [2.75, 3.05) is 20.6 Å². The van der Waals surface area contributed by atoms with E-state index in [1.54, 1.807) is 6.20 Å². The first-order chi connectivity index (χ1) is 12.6. The average molecular weight is 348 g/mol. The Bertz CT molecular complexity index is 811. The number of carbonyl (C=O) groups is 1. The predicted molar refractivity (Wildman–Crippen MR) is 104 cm³/mol. The molecule has 5 heteroatoms. The van der Waals surface area contributed by atoms with Crippen LogP contribution in [0.5, 0.6) is 0 Å². The van der Waals surface area contributed by atoms with Crippen LogP contribution in [0.25, 0.3) is 11.3 Å². The molecule has 3 rings (SSSR count). The van der Waals surface area contributed by atoms with Crippen LogP contribution in [0.4, 0.5) is 0 Å². The van der Waals surface area contributed by atoms with Gasteiger partial charge in [0.05, 0.1) is 11.7 Å². The first-order valence-electron chi connectivity index (χ1n) is 8.74. The molecule has 2 aromatic carbocycles. The van der Waals surface area contributed by atoms with E-state index in [0.717, 1.165) is 29.8 Å². The molecule has 0 aliphatic rings. The van der Waals surface area contributed by atoms with Crippen LogP contribution in [0.15, 0.2) is 66.9 Å². The molecule has 1 amide bonds. The summed E-state index contributed by atoms with van der Waals surface area (Å²) in [6.45, 7) is 0.901. The third kappa shape index (κ3) is 4.58. The van der Waals surface area contributed by atoms with Crippen molar-refractivity contribution in [3.05, 3.63) is 78.0 Å². The molecule has 5 nitrogen and oxygen atoms in total. The largest absolute Gasteiger partial charge is 0.345 e. The van der Waals surface area contributed by atoms with Crippen LogP contribution in [-0.2, 0) is 0 Å². The number of carbonyl (C=O) groups excluding carboxylic acids is 1. The molecule has 1 aromatic heterocycles. The first kappa shape index (κ1) is 17.9. The van der Waals surface area contributed by atoms with E-state index in [-0.39, 0.29) is 11.9 Å². The van der Waals surface area contributed by atoms with Crippen LogP contribution in [0.3, 0.4) is 0 Å². The van der Waals surface area contributed by atoms with Crippen molar-refractivity contribution in [3.63, 3.8) is 0 Å². The Morgan fingerprint density at radius 1 is 1.08 bits per heavy atom. The zero-order chi connectivity index (χ0) is 18.4. The second kappa shape index (κ2) is 8.45. The molecule has 0 saturated heterocycles. The SMILES string of the molecule is CN(C)CC[C@@H](NC(=O)c1ccc(-c2ccn[nH]2)cc1)c1ccccc1. The summed E-state index contributed by atoms with van der Waals surface area (Å²) in [6.07, 6.45) is 2.57. The number of amides is 1. The van der Waals surface area contributed by atoms with Crippen molar-refractivity contribution in [1.29, 1.82) is 0 Å². The van der Waals surface area contributed by atoms with Crippen molar-refractivity contribution in [2.24, 2.45) is 0 Å². The molecule has 1 atom stereocenters. The molecule has 0 unspecified atom stereocenters. The van der Waals surface area contributed by atoms with Gasteiger partial charge in [0.25, 0.3) is 5.91 Å². The minimum absolute atomic E-state index is 0.0154. The van der Waals surface area contributed by atoms with Gasteiger partial charge in [0.2, 0.25) is 0 Å². The number of rotatable bonds is 7. The fourth-order valence-electron chi connectivity index (χ4n) is 2.85. The van der Waals surface area contributed by atoms with Gasteiger partial charge in [-0.15, -0.1) is 0 Å². The van der Waals surface area contributed by atoms with E-state index in [9.17, 15) is 4.79 Å². The first-order valence-corrected chi connectivity index (χ1v) is 8.74. The Hall–Kier alpha value is -2.92. The summed E-state index contributed by atoms with van der Waals surface area (Å²) < 4.78 is 0. The summed E-state index contributed by atoms with van der Waals surface area (Å²) in [5.74, 6) is -0.0613. The fourth-order valence-corrected chi connectivity index (χ4v) is 2.85. The van der Waals surface area contributed by atoms with Crippen LogP contribution in [0, 0.1) is 0 Å². The van der Waals surface area contributed by atoms with Crippen LogP contribution < -0.4 is 5.32 Å². The molecule has 0 aliphatic heterocycles. The fraction of sp³-hybridized carbons (Fsp3) is 0.238. The molecule has 0 aliphatic carbocycles. The summed E-state index contributed by atoms with van der Waals surface area (Å²) in [6, 6.07) is 19.6. The smallest absolute Gasteiger partial charge is 0.251 e. The Labute approximate surface area is 154 Å². The highest BCUT2D eigenvalue weighted by Crippen LogP contribution is 2.19. The molecular weight excluding hydrogens is 324 g/mol. The van der Waals surface area contributed by atoms with Gasteiger partial charge in [-0.05, 0) is 56.4 Å². The maximum absolute atomic E-state index is 12.7. The lowest BCUT2D eigenvalue weighted by Gasteiger charge is -2.21. The maximum Gasteiger partial charge on any atom is 0.251 e. The number of aromatic nitrogens is 2. The average Bonchev–Trinajstić information content (AvgIpc) is 3.20. The summed E-state index contributed by atoms with van der Waals surface area (Å²) in [4.78, 5) is 14.9. The zero-order valence-electron chi connectivity index (χ0n) is 15.1. The number of hydrogen-bond acceptors (Lipinski definition) is 3. The van der Waals surface area contributed by atoms with Crippen LogP contribution in [0.2, 0.25) is 0 Å². The number of nitrogens with zero attached hydrogens (tertiary/aromatic N) is 2. The number of H-pyrrole nitrogens is 1. The van der Waals surface area contributed by atoms with Gasteiger partial charge in [-0.2, -0.15) is 5.10 Å². The van der Waals surface area contributed by atoms with E-state index in [1.807, 2.05) is 62.6 Å². The van der Waals surface area contributed by atoms with Gasteiger partial charge in [-0.25, -0.2) is 0 Å². The highest BCUT2D eigenvalue weighted by atomic mass is 16.1. The standard InChI is InChI=1S/C21H24N4O/c1-25(2)15-13-19(16-6-4-3-5-7-16)23-21(26)18-10-8-17(9-11-18)20-12-14-22-24-20/h3-12,14,19H,13,15H2,1-2H3,(H,22,24)(H,23,26)/t19-/m1/s1. The van der Waals surface area contributed by atoms with Gasteiger partial charge in [0.15, 0.2) is 0 Å².